The summed E-state index contributed by atoms with van der Waals surface area (Å²) < 4.78 is 5.62. The summed E-state index contributed by atoms with van der Waals surface area (Å²) >= 11 is 18.0. The van der Waals surface area contributed by atoms with Crippen LogP contribution in [0.15, 0.2) is 34.7 Å². The van der Waals surface area contributed by atoms with Crippen LogP contribution < -0.4 is 0 Å². The molecule has 100 valence electrons. The molecule has 1 heterocycles. The molecule has 0 unspecified atom stereocenters. The molecular formula is C14H6Cl3NO2. The van der Waals surface area contributed by atoms with Gasteiger partial charge in [-0.15, -0.1) is 0 Å². The van der Waals surface area contributed by atoms with E-state index >= 15 is 0 Å². The number of halogens is 3. The van der Waals surface area contributed by atoms with Crippen LogP contribution in [0, 0.1) is 0 Å². The number of aromatic nitrogens is 1. The van der Waals surface area contributed by atoms with Gasteiger partial charge in [-0.2, -0.15) is 0 Å². The second kappa shape index (κ2) is 5.09. The highest BCUT2D eigenvalue weighted by Crippen LogP contribution is 2.32. The Morgan fingerprint density at radius 2 is 1.85 bits per heavy atom. The standard InChI is InChI=1S/C14H6Cl3NO2/c15-9-4-11(17)13-12(5-9)18-14(20-13)7-1-2-8(6-19)10(16)3-7/h1-6H. The Balaban J connectivity index is 2.17. The van der Waals surface area contributed by atoms with Crippen LogP contribution in [0.5, 0.6) is 0 Å². The monoisotopic (exact) mass is 325 g/mol. The first-order chi connectivity index (χ1) is 9.58. The summed E-state index contributed by atoms with van der Waals surface area (Å²) in [5, 5.41) is 1.21. The molecule has 3 aromatic rings. The minimum Gasteiger partial charge on any atom is -0.435 e. The van der Waals surface area contributed by atoms with E-state index in [1.165, 1.54) is 0 Å². The highest BCUT2D eigenvalue weighted by Gasteiger charge is 2.13. The number of nitrogens with zero attached hydrogens (tertiary/aromatic N) is 1. The lowest BCUT2D eigenvalue weighted by Crippen LogP contribution is -1.83. The van der Waals surface area contributed by atoms with Gasteiger partial charge in [0.05, 0.1) is 10.0 Å². The Bertz CT molecular complexity index is 827. The Labute approximate surface area is 129 Å². The Kier molecular flexibility index (Phi) is 3.42. The number of carbonyl (C=O) groups is 1. The van der Waals surface area contributed by atoms with E-state index in [-0.39, 0.29) is 0 Å². The predicted octanol–water partition coefficient (Wildman–Crippen LogP) is 5.27. The van der Waals surface area contributed by atoms with E-state index in [1.807, 2.05) is 0 Å². The zero-order valence-corrected chi connectivity index (χ0v) is 12.1. The first-order valence-electron chi connectivity index (χ1n) is 5.59. The lowest BCUT2D eigenvalue weighted by molar-refractivity contribution is 0.112. The van der Waals surface area contributed by atoms with E-state index in [9.17, 15) is 4.79 Å². The summed E-state index contributed by atoms with van der Waals surface area (Å²) in [5.74, 6) is 0.364. The number of rotatable bonds is 2. The molecule has 2 aromatic carbocycles. The Hall–Kier alpha value is -1.55. The summed E-state index contributed by atoms with van der Waals surface area (Å²) in [7, 11) is 0. The van der Waals surface area contributed by atoms with Gasteiger partial charge in [0.1, 0.15) is 5.52 Å². The molecule has 6 heteroatoms. The number of hydrogen-bond donors (Lipinski definition) is 0. The maximum absolute atomic E-state index is 10.7. The van der Waals surface area contributed by atoms with Crippen LogP contribution in [-0.4, -0.2) is 11.3 Å². The normalized spacial score (nSPS) is 10.9. The van der Waals surface area contributed by atoms with Gasteiger partial charge in [0, 0.05) is 16.1 Å². The summed E-state index contributed by atoms with van der Waals surface area (Å²) in [4.78, 5) is 15.1. The minimum atomic E-state index is 0.337. The number of oxazole rings is 1. The van der Waals surface area contributed by atoms with Crippen LogP contribution in [0.3, 0.4) is 0 Å². The molecule has 0 fully saturated rings. The fourth-order valence-corrected chi connectivity index (χ4v) is 2.59. The van der Waals surface area contributed by atoms with E-state index < -0.39 is 0 Å². The van der Waals surface area contributed by atoms with Crippen molar-refractivity contribution in [2.75, 3.05) is 0 Å². The van der Waals surface area contributed by atoms with Crippen LogP contribution >= 0.6 is 34.8 Å². The molecule has 0 radical (unpaired) electrons. The van der Waals surface area contributed by atoms with Gasteiger partial charge < -0.3 is 4.42 Å². The predicted molar refractivity (Wildman–Crippen MR) is 79.9 cm³/mol. The van der Waals surface area contributed by atoms with Crippen LogP contribution in [0.4, 0.5) is 0 Å². The van der Waals surface area contributed by atoms with Crippen molar-refractivity contribution in [1.29, 1.82) is 0 Å². The molecular weight excluding hydrogens is 321 g/mol. The van der Waals surface area contributed by atoms with Gasteiger partial charge in [-0.25, -0.2) is 4.98 Å². The summed E-state index contributed by atoms with van der Waals surface area (Å²) in [6, 6.07) is 8.18. The van der Waals surface area contributed by atoms with E-state index in [0.29, 0.717) is 49.5 Å². The SMILES string of the molecule is O=Cc1ccc(-c2nc3cc(Cl)cc(Cl)c3o2)cc1Cl. The molecule has 0 amide bonds. The van der Waals surface area contributed by atoms with Crippen molar-refractivity contribution in [3.63, 3.8) is 0 Å². The third-order valence-electron chi connectivity index (χ3n) is 2.78. The highest BCUT2D eigenvalue weighted by molar-refractivity contribution is 6.38. The summed E-state index contributed by atoms with van der Waals surface area (Å²) in [6.07, 6.45) is 0.689. The van der Waals surface area contributed by atoms with Crippen molar-refractivity contribution in [1.82, 2.24) is 4.98 Å². The molecule has 20 heavy (non-hydrogen) atoms. The van der Waals surface area contributed by atoms with Crippen molar-refractivity contribution in [2.45, 2.75) is 0 Å². The molecule has 3 nitrogen and oxygen atoms in total. The summed E-state index contributed by atoms with van der Waals surface area (Å²) in [5.41, 5.74) is 2.09. The fraction of sp³-hybridized carbons (Fsp3) is 0. The number of aldehydes is 1. The third kappa shape index (κ3) is 2.29. The van der Waals surface area contributed by atoms with E-state index in [1.54, 1.807) is 30.3 Å². The van der Waals surface area contributed by atoms with Gasteiger partial charge in [0.15, 0.2) is 11.9 Å². The van der Waals surface area contributed by atoms with E-state index in [4.69, 9.17) is 39.2 Å². The molecule has 0 bridgehead atoms. The van der Waals surface area contributed by atoms with Crippen LogP contribution in [0.25, 0.3) is 22.6 Å². The Morgan fingerprint density at radius 3 is 2.55 bits per heavy atom. The average molecular weight is 327 g/mol. The van der Waals surface area contributed by atoms with Crippen LogP contribution in [-0.2, 0) is 0 Å². The average Bonchev–Trinajstić information content (AvgIpc) is 2.82. The fourth-order valence-electron chi connectivity index (χ4n) is 1.84. The lowest BCUT2D eigenvalue weighted by Gasteiger charge is -1.98. The highest BCUT2D eigenvalue weighted by atomic mass is 35.5. The molecule has 0 N–H and O–H groups in total. The molecule has 0 aliphatic carbocycles. The molecule has 0 saturated carbocycles. The van der Waals surface area contributed by atoms with Gasteiger partial charge in [-0.05, 0) is 30.3 Å². The zero-order chi connectivity index (χ0) is 14.3. The topological polar surface area (TPSA) is 43.1 Å². The van der Waals surface area contributed by atoms with Gasteiger partial charge >= 0.3 is 0 Å². The maximum Gasteiger partial charge on any atom is 0.227 e. The zero-order valence-electron chi connectivity index (χ0n) is 9.86. The first kappa shape index (κ1) is 13.4. The Morgan fingerprint density at radius 1 is 1.05 bits per heavy atom. The molecule has 0 atom stereocenters. The van der Waals surface area contributed by atoms with Crippen molar-refractivity contribution >= 4 is 52.2 Å². The quantitative estimate of drug-likeness (QED) is 0.603. The van der Waals surface area contributed by atoms with Crippen LogP contribution in [0.1, 0.15) is 10.4 Å². The van der Waals surface area contributed by atoms with Gasteiger partial charge in [-0.3, -0.25) is 4.79 Å². The third-order valence-corrected chi connectivity index (χ3v) is 3.61. The van der Waals surface area contributed by atoms with Gasteiger partial charge in [0.2, 0.25) is 5.89 Å². The van der Waals surface area contributed by atoms with Crippen molar-refractivity contribution in [3.8, 4) is 11.5 Å². The number of carbonyl (C=O) groups excluding carboxylic acids is 1. The molecule has 1 aromatic heterocycles. The molecule has 0 aliphatic heterocycles. The first-order valence-corrected chi connectivity index (χ1v) is 6.72. The van der Waals surface area contributed by atoms with Gasteiger partial charge in [0.25, 0.3) is 0 Å². The second-order valence-corrected chi connectivity index (χ2v) is 5.36. The molecule has 0 saturated heterocycles. The summed E-state index contributed by atoms with van der Waals surface area (Å²) in [6.45, 7) is 0. The number of benzene rings is 2. The maximum atomic E-state index is 10.7. The van der Waals surface area contributed by atoms with Crippen molar-refractivity contribution in [2.24, 2.45) is 0 Å². The second-order valence-electron chi connectivity index (χ2n) is 4.11. The lowest BCUT2D eigenvalue weighted by atomic mass is 10.1. The molecule has 3 rings (SSSR count). The van der Waals surface area contributed by atoms with Gasteiger partial charge in [-0.1, -0.05) is 34.8 Å². The van der Waals surface area contributed by atoms with E-state index in [0.717, 1.165) is 0 Å². The van der Waals surface area contributed by atoms with Crippen LogP contribution in [0.2, 0.25) is 15.1 Å². The largest absolute Gasteiger partial charge is 0.435 e. The molecule has 0 aliphatic rings. The number of fused-ring (bicyclic) bond motifs is 1. The molecule has 0 spiro atoms. The number of hydrogen-bond acceptors (Lipinski definition) is 3. The smallest absolute Gasteiger partial charge is 0.227 e. The minimum absolute atomic E-state index is 0.337. The van der Waals surface area contributed by atoms with Crippen molar-refractivity contribution in [3.05, 3.63) is 51.0 Å². The van der Waals surface area contributed by atoms with E-state index in [2.05, 4.69) is 4.98 Å². The van der Waals surface area contributed by atoms with Crippen molar-refractivity contribution < 1.29 is 9.21 Å².